The van der Waals surface area contributed by atoms with Crippen LogP contribution in [0.3, 0.4) is 0 Å². The summed E-state index contributed by atoms with van der Waals surface area (Å²) in [6.07, 6.45) is 5.72. The Morgan fingerprint density at radius 2 is 1.15 bits per heavy atom. The highest BCUT2D eigenvalue weighted by molar-refractivity contribution is 7.94. The molecule has 7 rings (SSSR count). The van der Waals surface area contributed by atoms with Gasteiger partial charge in [-0.3, -0.25) is 13.7 Å². The monoisotopic (exact) mass is 1280 g/mol. The van der Waals surface area contributed by atoms with Gasteiger partial charge in [0.25, 0.3) is 20.2 Å². The third kappa shape index (κ3) is 26.9. The minimum absolute atomic E-state index is 0.0134. The van der Waals surface area contributed by atoms with Crippen molar-refractivity contribution in [1.29, 1.82) is 0 Å². The quantitative estimate of drug-likeness (QED) is 0.0112. The van der Waals surface area contributed by atoms with E-state index < -0.39 is 64.3 Å². The number of nitrogens with one attached hydrogen (secondary N) is 3. The Bertz CT molecular complexity index is 3760. The van der Waals surface area contributed by atoms with Gasteiger partial charge in [0.1, 0.15) is 22.1 Å². The zero-order chi connectivity index (χ0) is 64.0. The molecule has 0 saturated heterocycles. The van der Waals surface area contributed by atoms with Gasteiger partial charge < -0.3 is 26.2 Å². The van der Waals surface area contributed by atoms with E-state index in [1.165, 1.54) is 43.9 Å². The number of phenolic OH excluding ortho intramolecular Hbond substituents is 1. The van der Waals surface area contributed by atoms with Crippen LogP contribution in [0.1, 0.15) is 86.9 Å². The molecular weight excluding hydrogens is 1210 g/mol. The van der Waals surface area contributed by atoms with Gasteiger partial charge in [0.15, 0.2) is 15.6 Å². The first-order chi connectivity index (χ1) is 40.1. The Morgan fingerprint density at radius 3 is 1.71 bits per heavy atom. The number of aromatic nitrogens is 3. The summed E-state index contributed by atoms with van der Waals surface area (Å²) in [7, 11) is -17.5. The summed E-state index contributed by atoms with van der Waals surface area (Å²) in [5, 5.41) is 62.3. The lowest BCUT2D eigenvalue weighted by Gasteiger charge is -2.16. The third-order valence-corrected chi connectivity index (χ3v) is 13.0. The molecule has 32 heteroatoms. The van der Waals surface area contributed by atoms with Crippen molar-refractivity contribution in [2.75, 3.05) is 47.7 Å². The molecule has 0 bridgehead atoms. The topological polar surface area (TPSA) is 410 Å². The number of anilines is 5. The van der Waals surface area contributed by atoms with E-state index in [2.05, 4.69) is 116 Å². The number of fused-ring (bicyclic) bond motifs is 2. The fraction of sp³-hybridized carbons (Fsp3) is 0.340. The van der Waals surface area contributed by atoms with Crippen molar-refractivity contribution in [3.63, 3.8) is 0 Å². The molecule has 9 N–H and O–H groups in total. The van der Waals surface area contributed by atoms with Crippen LogP contribution in [-0.2, 0) is 54.0 Å². The van der Waals surface area contributed by atoms with Gasteiger partial charge >= 0.3 is 10.4 Å². The lowest BCUT2D eigenvalue weighted by atomic mass is 10.1. The molecule has 1 aromatic heterocycles. The standard InChI is InChI=1S/C40H36N10O14S4.4C3H8.CH4O3S/c1-23-42-39(44-30-8-4-7-26-20-34(65-64-63-53)37(38(52)36(26)30)50-48-28-10-9-24-5-2-3-6-25(24)19-28)46-40(43-23)45-31-21-33(41-15-16-51)35(67(56,57)58)22-32(31)49-47-27-11-13-29(14-12-27)66(54,55)18-17-62-68(59,60)61;4*1-3-2;1-5(2,3)4/h2-14,19-22,41,51-53H,15-18H2,1H3,(H,56,57,58)(H,59,60,61)(H2,42,43,44,45,46);4*3H2,1-2H3;1H3,(H,2,3,4). The second-order valence-electron chi connectivity index (χ2n) is 17.5. The van der Waals surface area contributed by atoms with Crippen LogP contribution in [-0.4, -0.2) is 110 Å². The molecule has 6 aromatic carbocycles. The molecule has 0 atom stereocenters. The van der Waals surface area contributed by atoms with Gasteiger partial charge in [0.2, 0.25) is 11.9 Å². The number of aliphatic hydroxyl groups excluding tert-OH is 1. The SMILES string of the molecule is CCC.CCC.CCC.CCC.CS(=O)(=O)O.Cc1nc(Nc2cc(NCCO)c(S(=O)(=O)O)cc2N=Nc2ccc(S(=O)(=O)CCOS(=O)(=O)O)cc2)nc(Nc2cccc3cc(SOOO)c(N=Nc4ccc5ccccc5c4)c(O)c23)n1. The van der Waals surface area contributed by atoms with E-state index in [0.29, 0.717) is 35.1 Å². The fourth-order valence-electron chi connectivity index (χ4n) is 6.39. The van der Waals surface area contributed by atoms with Crippen molar-refractivity contribution < 1.29 is 76.4 Å². The van der Waals surface area contributed by atoms with E-state index in [0.717, 1.165) is 29.0 Å². The lowest BCUT2D eigenvalue weighted by molar-refractivity contribution is -0.432. The van der Waals surface area contributed by atoms with Crippen LogP contribution in [0.4, 0.5) is 51.7 Å². The van der Waals surface area contributed by atoms with Crippen molar-refractivity contribution >= 4 is 126 Å². The number of aromatic hydroxyl groups is 1. The molecule has 0 spiro atoms. The van der Waals surface area contributed by atoms with E-state index in [4.69, 9.17) is 18.7 Å². The Hall–Kier alpha value is -6.92. The summed E-state index contributed by atoms with van der Waals surface area (Å²) in [6.45, 7) is 17.2. The van der Waals surface area contributed by atoms with E-state index in [9.17, 15) is 48.4 Å². The van der Waals surface area contributed by atoms with Crippen LogP contribution in [0.15, 0.2) is 138 Å². The van der Waals surface area contributed by atoms with E-state index in [1.807, 2.05) is 36.4 Å². The number of rotatable bonds is 20. The van der Waals surface area contributed by atoms with Gasteiger partial charge in [-0.2, -0.15) is 50.4 Å². The maximum Gasteiger partial charge on any atom is 0.397 e. The maximum atomic E-state index is 12.7. The molecule has 27 nitrogen and oxygen atoms in total. The highest BCUT2D eigenvalue weighted by Crippen LogP contribution is 2.47. The van der Waals surface area contributed by atoms with Crippen molar-refractivity contribution in [2.24, 2.45) is 20.5 Å². The van der Waals surface area contributed by atoms with E-state index in [-0.39, 0.29) is 73.6 Å². The Morgan fingerprint density at radius 1 is 0.612 bits per heavy atom. The molecule has 0 radical (unpaired) electrons. The number of aliphatic hydroxyl groups is 1. The number of nitrogens with zero attached hydrogens (tertiary/aromatic N) is 7. The molecule has 0 aliphatic carbocycles. The summed E-state index contributed by atoms with van der Waals surface area (Å²) in [4.78, 5) is 12.6. The normalized spacial score (nSPS) is 11.4. The van der Waals surface area contributed by atoms with Gasteiger partial charge in [-0.05, 0) is 83.7 Å². The van der Waals surface area contributed by atoms with Gasteiger partial charge in [0, 0.05) is 11.9 Å². The Labute approximate surface area is 499 Å². The summed E-state index contributed by atoms with van der Waals surface area (Å²) in [5.74, 6) is -1.12. The zero-order valence-corrected chi connectivity index (χ0v) is 52.4. The van der Waals surface area contributed by atoms with E-state index >= 15 is 0 Å². The number of azo groups is 2. The number of sulfone groups is 1. The Kier molecular flexibility index (Phi) is 32.1. The molecule has 0 aliphatic rings. The summed E-state index contributed by atoms with van der Waals surface area (Å²) >= 11 is 0.569. The van der Waals surface area contributed by atoms with Crippen molar-refractivity contribution in [1.82, 2.24) is 15.0 Å². The highest BCUT2D eigenvalue weighted by Gasteiger charge is 2.23. The van der Waals surface area contributed by atoms with Gasteiger partial charge in [-0.15, -0.1) is 14.6 Å². The summed E-state index contributed by atoms with van der Waals surface area (Å²) in [5.41, 5.74) is 0.454. The van der Waals surface area contributed by atoms with Gasteiger partial charge in [0.05, 0.1) is 75.5 Å². The van der Waals surface area contributed by atoms with Gasteiger partial charge in [-0.25, -0.2) is 17.9 Å². The number of aryl methyl sites for hydroxylation is 1. The predicted octanol–water partition coefficient (Wildman–Crippen LogP) is 13.4. The zero-order valence-electron chi connectivity index (χ0n) is 48.3. The minimum Gasteiger partial charge on any atom is -0.505 e. The van der Waals surface area contributed by atoms with Crippen molar-refractivity contribution in [3.05, 3.63) is 109 Å². The smallest absolute Gasteiger partial charge is 0.397 e. The van der Waals surface area contributed by atoms with Crippen LogP contribution < -0.4 is 16.0 Å². The largest absolute Gasteiger partial charge is 0.505 e. The lowest BCUT2D eigenvalue weighted by Crippen LogP contribution is -2.15. The van der Waals surface area contributed by atoms with E-state index in [1.54, 1.807) is 37.3 Å². The number of hydrogen-bond donors (Lipinski definition) is 9. The predicted molar refractivity (Wildman–Crippen MR) is 329 cm³/mol. The molecular formula is C53H72N10O17S5. The first-order valence-corrected chi connectivity index (χ1v) is 33.0. The number of benzene rings is 6. The second-order valence-corrected chi connectivity index (χ2v) is 24.3. The number of phenols is 1. The molecule has 85 heavy (non-hydrogen) atoms. The van der Waals surface area contributed by atoms with Crippen molar-refractivity contribution in [2.45, 2.75) is 103 Å². The summed E-state index contributed by atoms with van der Waals surface area (Å²) in [6, 6.07) is 26.7. The first kappa shape index (κ1) is 74.2. The third-order valence-electron chi connectivity index (χ3n) is 9.33. The van der Waals surface area contributed by atoms with Crippen LogP contribution >= 0.6 is 12.0 Å². The molecule has 7 aromatic rings. The highest BCUT2D eigenvalue weighted by atomic mass is 32.3. The molecule has 0 saturated carbocycles. The molecule has 466 valence electrons. The van der Waals surface area contributed by atoms with Crippen LogP contribution in [0.25, 0.3) is 21.5 Å². The maximum absolute atomic E-state index is 12.7. The minimum atomic E-state index is -4.92. The molecule has 0 aliphatic heterocycles. The molecule has 0 amide bonds. The van der Waals surface area contributed by atoms with Crippen molar-refractivity contribution in [3.8, 4) is 5.75 Å². The average molecular weight is 1280 g/mol. The molecule has 1 heterocycles. The van der Waals surface area contributed by atoms with Crippen LogP contribution in [0, 0.1) is 6.92 Å². The fourth-order valence-corrected chi connectivity index (χ4v) is 9.04. The van der Waals surface area contributed by atoms with Crippen LogP contribution in [0.2, 0.25) is 0 Å². The van der Waals surface area contributed by atoms with Gasteiger partial charge in [-0.1, -0.05) is 129 Å². The van der Waals surface area contributed by atoms with Crippen LogP contribution in [0.5, 0.6) is 5.75 Å². The molecule has 0 unspecified atom stereocenters. The number of hydrogen-bond acceptors (Lipinski definition) is 25. The Balaban J connectivity index is 0.00000129. The molecule has 0 fully saturated rings. The first-order valence-electron chi connectivity index (χ1n) is 26.0. The second kappa shape index (κ2) is 36.8. The average Bonchev–Trinajstić information content (AvgIpc) is 3.52. The summed E-state index contributed by atoms with van der Waals surface area (Å²) < 4.78 is 126.